The maximum atomic E-state index is 11.0. The summed E-state index contributed by atoms with van der Waals surface area (Å²) < 4.78 is 11.1. The zero-order chi connectivity index (χ0) is 23.5. The van der Waals surface area contributed by atoms with Gasteiger partial charge in [-0.3, -0.25) is 5.32 Å². The van der Waals surface area contributed by atoms with Crippen LogP contribution >= 0.6 is 0 Å². The van der Waals surface area contributed by atoms with Gasteiger partial charge in [0, 0.05) is 11.1 Å². The number of rotatable bonds is 5. The lowest BCUT2D eigenvalue weighted by Crippen LogP contribution is -2.32. The van der Waals surface area contributed by atoms with Crippen LogP contribution in [-0.2, 0) is 6.61 Å². The number of para-hydroxylation sites is 1. The van der Waals surface area contributed by atoms with E-state index >= 15 is 0 Å². The van der Waals surface area contributed by atoms with Crippen molar-refractivity contribution >= 4 is 29.3 Å². The Kier molecular flexibility index (Phi) is 5.41. The number of aliphatic imine (C=N–C) groups is 1. The third kappa shape index (κ3) is 3.92. The Morgan fingerprint density at radius 2 is 2.06 bits per heavy atom. The molecule has 2 aromatic heterocycles. The second kappa shape index (κ2) is 8.49. The lowest BCUT2D eigenvalue weighted by atomic mass is 9.94. The second-order valence-electron chi connectivity index (χ2n) is 6.80. The van der Waals surface area contributed by atoms with Gasteiger partial charge in [0.05, 0.1) is 5.69 Å². The highest BCUT2D eigenvalue weighted by molar-refractivity contribution is 5.98. The number of hydrogen-bond acceptors (Lipinski definition) is 11. The number of benzene rings is 1. The molecule has 12 heteroatoms. The van der Waals surface area contributed by atoms with Gasteiger partial charge in [0.25, 0.3) is 0 Å². The van der Waals surface area contributed by atoms with Crippen molar-refractivity contribution in [1.82, 2.24) is 10.3 Å². The number of carboxylic acids is 1. The van der Waals surface area contributed by atoms with Gasteiger partial charge >= 0.3 is 5.97 Å². The van der Waals surface area contributed by atoms with Gasteiger partial charge in [0.1, 0.15) is 47.4 Å². The van der Waals surface area contributed by atoms with Gasteiger partial charge in [0.15, 0.2) is 6.19 Å². The van der Waals surface area contributed by atoms with Crippen molar-refractivity contribution in [3.63, 3.8) is 0 Å². The zero-order valence-corrected chi connectivity index (χ0v) is 16.9. The van der Waals surface area contributed by atoms with E-state index in [1.807, 2.05) is 6.07 Å². The number of guanidine groups is 1. The van der Waals surface area contributed by atoms with E-state index in [0.29, 0.717) is 22.6 Å². The molecule has 0 saturated heterocycles. The third-order valence-corrected chi connectivity index (χ3v) is 4.81. The molecule has 0 spiro atoms. The second-order valence-corrected chi connectivity index (χ2v) is 6.80. The van der Waals surface area contributed by atoms with Crippen molar-refractivity contribution in [2.24, 2.45) is 4.99 Å². The first kappa shape index (κ1) is 21.0. The molecule has 1 atom stereocenters. The normalized spacial score (nSPS) is 14.1. The van der Waals surface area contributed by atoms with Crippen LogP contribution in [0.15, 0.2) is 45.8 Å². The first-order valence-electron chi connectivity index (χ1n) is 9.45. The molecular weight excluding hydrogens is 428 g/mol. The van der Waals surface area contributed by atoms with Crippen LogP contribution in [0.3, 0.4) is 0 Å². The Balaban J connectivity index is 1.76. The molecular formula is C21H16N8O4. The molecule has 0 amide bonds. The zero-order valence-electron chi connectivity index (χ0n) is 16.9. The topological polar surface area (TPSA) is 209 Å². The molecule has 33 heavy (non-hydrogen) atoms. The predicted molar refractivity (Wildman–Crippen MR) is 116 cm³/mol. The average molecular weight is 444 g/mol. The number of hydrogen-bond donors (Lipinski definition) is 5. The van der Waals surface area contributed by atoms with Crippen molar-refractivity contribution in [1.29, 1.82) is 10.5 Å². The predicted octanol–water partition coefficient (Wildman–Crippen LogP) is 1.93. The Morgan fingerprint density at radius 1 is 1.27 bits per heavy atom. The quantitative estimate of drug-likeness (QED) is 0.283. The van der Waals surface area contributed by atoms with E-state index in [1.165, 1.54) is 12.1 Å². The first-order valence-corrected chi connectivity index (χ1v) is 9.45. The fourth-order valence-corrected chi connectivity index (χ4v) is 3.36. The maximum absolute atomic E-state index is 11.0. The van der Waals surface area contributed by atoms with Crippen molar-refractivity contribution in [2.75, 3.05) is 16.8 Å². The Morgan fingerprint density at radius 3 is 2.76 bits per heavy atom. The van der Waals surface area contributed by atoms with Gasteiger partial charge < -0.3 is 31.0 Å². The summed E-state index contributed by atoms with van der Waals surface area (Å²) in [6.07, 6.45) is 1.79. The van der Waals surface area contributed by atoms with Crippen LogP contribution < -0.4 is 26.8 Å². The minimum atomic E-state index is -1.18. The van der Waals surface area contributed by atoms with E-state index in [-0.39, 0.29) is 41.2 Å². The van der Waals surface area contributed by atoms with E-state index in [2.05, 4.69) is 20.6 Å². The molecule has 3 aromatic rings. The minimum Gasteiger partial charge on any atom is -0.485 e. The number of carbonyl (C=O) groups is 1. The summed E-state index contributed by atoms with van der Waals surface area (Å²) in [5.74, 6) is -0.384. The molecule has 0 aliphatic carbocycles. The number of nitrogens with one attached hydrogen (secondary N) is 2. The highest BCUT2D eigenvalue weighted by Crippen LogP contribution is 2.43. The van der Waals surface area contributed by atoms with Crippen LogP contribution in [0, 0.1) is 22.8 Å². The highest BCUT2D eigenvalue weighted by Gasteiger charge is 2.31. The number of fused-ring (bicyclic) bond motifs is 1. The van der Waals surface area contributed by atoms with Gasteiger partial charge in [-0.05, 0) is 18.2 Å². The van der Waals surface area contributed by atoms with Gasteiger partial charge in [-0.2, -0.15) is 10.5 Å². The standard InChI is InChI=1S/C21H16N8O4/c22-7-12-16(24)15-17(27-21(26-9-23)29-19(15)28-18(12)25)11-3-1-2-4-13(11)32-8-10-5-6-14(33-10)20(30)31/h1-6,17H,8H2,(H,30,31)(H6,24,25,26,27,28,29). The number of nitrogens with zero attached hydrogens (tertiary/aromatic N) is 4. The first-order chi connectivity index (χ1) is 15.9. The SMILES string of the molecule is N#CNC1=NC(c2ccccc2OCc2ccc(C(=O)O)o2)c2c(nc(N)c(C#N)c2N)N1. The molecule has 1 aromatic carbocycles. The average Bonchev–Trinajstić information content (AvgIpc) is 3.27. The number of nitrogen functional groups attached to an aromatic ring is 2. The number of furan rings is 1. The number of aromatic carboxylic acids is 1. The van der Waals surface area contributed by atoms with Gasteiger partial charge in [-0.15, -0.1) is 0 Å². The van der Waals surface area contributed by atoms with Crippen molar-refractivity contribution in [3.05, 3.63) is 64.6 Å². The molecule has 7 N–H and O–H groups in total. The van der Waals surface area contributed by atoms with Gasteiger partial charge in [-0.1, -0.05) is 18.2 Å². The third-order valence-electron chi connectivity index (χ3n) is 4.81. The molecule has 3 heterocycles. The van der Waals surface area contributed by atoms with Crippen molar-refractivity contribution in [2.45, 2.75) is 12.6 Å². The summed E-state index contributed by atoms with van der Waals surface area (Å²) in [7, 11) is 0. The van der Waals surface area contributed by atoms with Crippen LogP contribution in [0.1, 0.15) is 39.0 Å². The molecule has 4 rings (SSSR count). The summed E-state index contributed by atoms with van der Waals surface area (Å²) in [6, 6.07) is 10.9. The molecule has 1 aliphatic rings. The van der Waals surface area contributed by atoms with Crippen molar-refractivity contribution < 1.29 is 19.1 Å². The molecule has 1 unspecified atom stereocenters. The Bertz CT molecular complexity index is 1370. The monoisotopic (exact) mass is 444 g/mol. The van der Waals surface area contributed by atoms with Gasteiger partial charge in [0.2, 0.25) is 11.7 Å². The lowest BCUT2D eigenvalue weighted by molar-refractivity contribution is 0.0658. The Labute approximate surface area is 186 Å². The van der Waals surface area contributed by atoms with Crippen LogP contribution in [0.25, 0.3) is 0 Å². The number of nitriles is 2. The van der Waals surface area contributed by atoms with E-state index in [0.717, 1.165) is 0 Å². The van der Waals surface area contributed by atoms with E-state index in [1.54, 1.807) is 30.5 Å². The smallest absolute Gasteiger partial charge is 0.371 e. The number of ether oxygens (including phenoxy) is 1. The van der Waals surface area contributed by atoms with E-state index < -0.39 is 12.0 Å². The van der Waals surface area contributed by atoms with E-state index in [4.69, 9.17) is 31.0 Å². The van der Waals surface area contributed by atoms with Crippen molar-refractivity contribution in [3.8, 4) is 18.0 Å². The molecule has 0 bridgehead atoms. The van der Waals surface area contributed by atoms with E-state index in [9.17, 15) is 10.1 Å². The summed E-state index contributed by atoms with van der Waals surface area (Å²) >= 11 is 0. The molecule has 0 radical (unpaired) electrons. The minimum absolute atomic E-state index is 0.0163. The van der Waals surface area contributed by atoms with Crippen LogP contribution in [0.4, 0.5) is 17.3 Å². The fraction of sp³-hybridized carbons (Fsp3) is 0.0952. The Hall–Kier alpha value is -5.23. The van der Waals surface area contributed by atoms with Crippen LogP contribution in [-0.4, -0.2) is 22.0 Å². The fourth-order valence-electron chi connectivity index (χ4n) is 3.36. The molecule has 0 fully saturated rings. The number of aromatic nitrogens is 1. The summed E-state index contributed by atoms with van der Waals surface area (Å²) in [5, 5.41) is 32.8. The summed E-state index contributed by atoms with van der Waals surface area (Å²) in [5.41, 5.74) is 13.2. The summed E-state index contributed by atoms with van der Waals surface area (Å²) in [4.78, 5) is 19.8. The number of anilines is 3. The molecule has 1 aliphatic heterocycles. The lowest BCUT2D eigenvalue weighted by Gasteiger charge is -2.27. The van der Waals surface area contributed by atoms with Crippen LogP contribution in [0.2, 0.25) is 0 Å². The van der Waals surface area contributed by atoms with Gasteiger partial charge in [-0.25, -0.2) is 14.8 Å². The highest BCUT2D eigenvalue weighted by atomic mass is 16.5. The maximum Gasteiger partial charge on any atom is 0.371 e. The van der Waals surface area contributed by atoms with Crippen LogP contribution in [0.5, 0.6) is 5.75 Å². The summed E-state index contributed by atoms with van der Waals surface area (Å²) in [6.45, 7) is -0.0476. The molecule has 12 nitrogen and oxygen atoms in total. The largest absolute Gasteiger partial charge is 0.485 e. The number of pyridine rings is 1. The molecule has 0 saturated carbocycles. The number of carboxylic acid groups (broad SMARTS) is 1. The number of nitrogens with two attached hydrogens (primary N) is 2. The molecule has 164 valence electrons.